The predicted molar refractivity (Wildman–Crippen MR) is 77.3 cm³/mol. The molecule has 0 aromatic carbocycles. The molecule has 2 N–H and O–H groups in total. The molecule has 0 atom stereocenters. The summed E-state index contributed by atoms with van der Waals surface area (Å²) in [6.07, 6.45) is 9.02. The summed E-state index contributed by atoms with van der Waals surface area (Å²) in [5.74, 6) is -1.40. The number of rotatable bonds is 5. The first kappa shape index (κ1) is 15.0. The molecule has 1 heterocycles. The number of nitrogens with one attached hydrogen (secondary N) is 1. The first-order valence-electron chi connectivity index (χ1n) is 6.71. The van der Waals surface area contributed by atoms with E-state index < -0.39 is 5.97 Å². The van der Waals surface area contributed by atoms with Gasteiger partial charge in [0.05, 0.1) is 5.56 Å². The summed E-state index contributed by atoms with van der Waals surface area (Å²) in [6, 6.07) is 1.25. The Morgan fingerprint density at radius 1 is 1.40 bits per heavy atom. The molecule has 0 saturated heterocycles. The molecule has 110 valence electrons. The predicted octanol–water partition coefficient (Wildman–Crippen LogP) is 2.77. The monoisotopic (exact) mass is 297 g/mol. The van der Waals surface area contributed by atoms with Crippen LogP contribution in [0.1, 0.15) is 53.0 Å². The van der Waals surface area contributed by atoms with Crippen LogP contribution in [-0.2, 0) is 0 Å². The molecule has 1 fully saturated rings. The number of carbonyl (C=O) groups is 2. The van der Waals surface area contributed by atoms with Crippen molar-refractivity contribution in [2.75, 3.05) is 12.8 Å². The summed E-state index contributed by atoms with van der Waals surface area (Å²) in [6.45, 7) is 0.593. The van der Waals surface area contributed by atoms with Crippen LogP contribution in [0, 0.1) is 0 Å². The Kier molecular flexibility index (Phi) is 4.75. The zero-order chi connectivity index (χ0) is 14.6. The van der Waals surface area contributed by atoms with Gasteiger partial charge in [-0.3, -0.25) is 4.79 Å². The molecule has 0 unspecified atom stereocenters. The fourth-order valence-corrected chi connectivity index (χ4v) is 3.46. The summed E-state index contributed by atoms with van der Waals surface area (Å²) < 4.78 is 5.10. The van der Waals surface area contributed by atoms with Crippen LogP contribution in [0.5, 0.6) is 0 Å². The Morgan fingerprint density at radius 3 is 2.65 bits per heavy atom. The fraction of sp³-hybridized carbons (Fsp3) is 0.571. The third-order valence-electron chi connectivity index (χ3n) is 3.84. The van der Waals surface area contributed by atoms with Gasteiger partial charge in [0.15, 0.2) is 5.76 Å². The standard InChI is InChI=1S/C14H19NO4S/c1-20-14(5-3-2-4-6-14)9-15-12(16)11-7-10(8-19-11)13(17)18/h7-8H,2-6,9H2,1H3,(H,15,16)(H,17,18). The van der Waals surface area contributed by atoms with Gasteiger partial charge in [0.1, 0.15) is 6.26 Å². The fourth-order valence-electron chi connectivity index (χ4n) is 2.55. The van der Waals surface area contributed by atoms with Crippen LogP contribution in [-0.4, -0.2) is 34.5 Å². The van der Waals surface area contributed by atoms with Crippen molar-refractivity contribution in [3.63, 3.8) is 0 Å². The first-order chi connectivity index (χ1) is 9.56. The van der Waals surface area contributed by atoms with Gasteiger partial charge in [-0.05, 0) is 19.1 Å². The first-order valence-corrected chi connectivity index (χ1v) is 7.94. The normalized spacial score (nSPS) is 17.6. The summed E-state index contributed by atoms with van der Waals surface area (Å²) in [5.41, 5.74) is -0.00704. The lowest BCUT2D eigenvalue weighted by molar-refractivity contribution is 0.0696. The van der Waals surface area contributed by atoms with E-state index in [4.69, 9.17) is 9.52 Å². The lowest BCUT2D eigenvalue weighted by Crippen LogP contribution is -2.41. The molecule has 1 aliphatic carbocycles. The molecule has 1 aliphatic rings. The van der Waals surface area contributed by atoms with Gasteiger partial charge in [0, 0.05) is 17.4 Å². The zero-order valence-electron chi connectivity index (χ0n) is 11.5. The lowest BCUT2D eigenvalue weighted by atomic mass is 9.88. The van der Waals surface area contributed by atoms with Gasteiger partial charge in [0.2, 0.25) is 0 Å². The summed E-state index contributed by atoms with van der Waals surface area (Å²) in [7, 11) is 0. The molecule has 1 amide bonds. The van der Waals surface area contributed by atoms with Gasteiger partial charge in [-0.25, -0.2) is 4.79 Å². The maximum Gasteiger partial charge on any atom is 0.338 e. The third kappa shape index (κ3) is 3.36. The molecule has 1 saturated carbocycles. The van der Waals surface area contributed by atoms with Gasteiger partial charge < -0.3 is 14.8 Å². The van der Waals surface area contributed by atoms with Crippen LogP contribution in [0.25, 0.3) is 0 Å². The number of carboxylic acids is 1. The van der Waals surface area contributed by atoms with Crippen molar-refractivity contribution in [1.82, 2.24) is 5.32 Å². The molecule has 0 aliphatic heterocycles. The molecule has 0 bridgehead atoms. The van der Waals surface area contributed by atoms with Crippen LogP contribution in [0.15, 0.2) is 16.7 Å². The Bertz CT molecular complexity index is 491. The summed E-state index contributed by atoms with van der Waals surface area (Å²) in [4.78, 5) is 22.7. The molecule has 20 heavy (non-hydrogen) atoms. The zero-order valence-corrected chi connectivity index (χ0v) is 12.3. The highest BCUT2D eigenvalue weighted by Crippen LogP contribution is 2.37. The maximum absolute atomic E-state index is 12.0. The molecular formula is C14H19NO4S. The lowest BCUT2D eigenvalue weighted by Gasteiger charge is -2.35. The highest BCUT2D eigenvalue weighted by Gasteiger charge is 2.31. The minimum Gasteiger partial charge on any atom is -0.478 e. The second-order valence-corrected chi connectivity index (χ2v) is 6.41. The number of thioether (sulfide) groups is 1. The van der Waals surface area contributed by atoms with E-state index in [-0.39, 0.29) is 22.0 Å². The number of hydrogen-bond donors (Lipinski definition) is 2. The van der Waals surface area contributed by atoms with Crippen LogP contribution < -0.4 is 5.32 Å². The second kappa shape index (κ2) is 6.35. The highest BCUT2D eigenvalue weighted by atomic mass is 32.2. The van der Waals surface area contributed by atoms with Gasteiger partial charge in [0.25, 0.3) is 5.91 Å². The number of aromatic carboxylic acids is 1. The van der Waals surface area contributed by atoms with E-state index in [9.17, 15) is 9.59 Å². The third-order valence-corrected chi connectivity index (χ3v) is 5.26. The quantitative estimate of drug-likeness (QED) is 0.873. The number of carbonyl (C=O) groups excluding carboxylic acids is 1. The summed E-state index contributed by atoms with van der Waals surface area (Å²) >= 11 is 1.80. The van der Waals surface area contributed by atoms with E-state index in [1.54, 1.807) is 11.8 Å². The number of hydrogen-bond acceptors (Lipinski definition) is 4. The highest BCUT2D eigenvalue weighted by molar-refractivity contribution is 8.00. The van der Waals surface area contributed by atoms with Gasteiger partial charge >= 0.3 is 5.97 Å². The Labute approximate surface area is 122 Å². The maximum atomic E-state index is 12.0. The number of amides is 1. The second-order valence-electron chi connectivity index (χ2n) is 5.14. The molecule has 0 radical (unpaired) electrons. The number of furan rings is 1. The summed E-state index contributed by atoms with van der Waals surface area (Å²) in [5, 5.41) is 11.7. The average molecular weight is 297 g/mol. The van der Waals surface area contributed by atoms with E-state index in [1.165, 1.54) is 25.3 Å². The van der Waals surface area contributed by atoms with Gasteiger partial charge in [-0.2, -0.15) is 11.8 Å². The molecular weight excluding hydrogens is 278 g/mol. The van der Waals surface area contributed by atoms with Crippen molar-refractivity contribution < 1.29 is 19.1 Å². The van der Waals surface area contributed by atoms with Gasteiger partial charge in [-0.1, -0.05) is 19.3 Å². The van der Waals surface area contributed by atoms with Crippen molar-refractivity contribution in [3.05, 3.63) is 23.7 Å². The molecule has 1 aromatic rings. The number of carboxylic acid groups (broad SMARTS) is 1. The molecule has 1 aromatic heterocycles. The van der Waals surface area contributed by atoms with E-state index in [2.05, 4.69) is 11.6 Å². The van der Waals surface area contributed by atoms with Crippen molar-refractivity contribution in [3.8, 4) is 0 Å². The van der Waals surface area contributed by atoms with Crippen LogP contribution in [0.3, 0.4) is 0 Å². The molecule has 6 heteroatoms. The Hall–Kier alpha value is -1.43. The Balaban J connectivity index is 1.95. The van der Waals surface area contributed by atoms with E-state index in [0.717, 1.165) is 19.1 Å². The van der Waals surface area contributed by atoms with Crippen LogP contribution >= 0.6 is 11.8 Å². The van der Waals surface area contributed by atoms with Crippen LogP contribution in [0.2, 0.25) is 0 Å². The average Bonchev–Trinajstić information content (AvgIpc) is 2.96. The van der Waals surface area contributed by atoms with Crippen molar-refractivity contribution in [2.45, 2.75) is 36.9 Å². The van der Waals surface area contributed by atoms with E-state index >= 15 is 0 Å². The largest absolute Gasteiger partial charge is 0.478 e. The minimum atomic E-state index is -1.10. The smallest absolute Gasteiger partial charge is 0.338 e. The van der Waals surface area contributed by atoms with Crippen molar-refractivity contribution in [1.29, 1.82) is 0 Å². The van der Waals surface area contributed by atoms with Crippen molar-refractivity contribution in [2.24, 2.45) is 0 Å². The van der Waals surface area contributed by atoms with Crippen LogP contribution in [0.4, 0.5) is 0 Å². The van der Waals surface area contributed by atoms with Gasteiger partial charge in [-0.15, -0.1) is 0 Å². The van der Waals surface area contributed by atoms with E-state index in [1.807, 2.05) is 0 Å². The topological polar surface area (TPSA) is 79.5 Å². The molecule has 5 nitrogen and oxygen atoms in total. The molecule has 0 spiro atoms. The van der Waals surface area contributed by atoms with Crippen molar-refractivity contribution >= 4 is 23.6 Å². The SMILES string of the molecule is CSC1(CNC(=O)c2cc(C(=O)O)co2)CCCCC1. The molecule has 2 rings (SSSR count). The Morgan fingerprint density at radius 2 is 2.10 bits per heavy atom. The van der Waals surface area contributed by atoms with E-state index in [0.29, 0.717) is 6.54 Å². The minimum absolute atomic E-state index is 0.00704.